The molecular formula is C28H28N4OS. The molecule has 34 heavy (non-hydrogen) atoms. The highest BCUT2D eigenvalue weighted by Gasteiger charge is 2.42. The lowest BCUT2D eigenvalue weighted by Gasteiger charge is -2.28. The lowest BCUT2D eigenvalue weighted by atomic mass is 9.96. The van der Waals surface area contributed by atoms with Crippen molar-refractivity contribution in [2.75, 3.05) is 4.90 Å². The lowest BCUT2D eigenvalue weighted by Crippen LogP contribution is -2.29. The van der Waals surface area contributed by atoms with Gasteiger partial charge in [0.15, 0.2) is 5.11 Å². The maximum Gasteiger partial charge on any atom is 0.174 e. The summed E-state index contributed by atoms with van der Waals surface area (Å²) in [5, 5.41) is 14.0. The highest BCUT2D eigenvalue weighted by molar-refractivity contribution is 7.80. The third kappa shape index (κ3) is 3.84. The Balaban J connectivity index is 1.66. The first-order valence-corrected chi connectivity index (χ1v) is 12.0. The quantitative estimate of drug-likeness (QED) is 0.355. The average Bonchev–Trinajstić information content (AvgIpc) is 3.35. The number of thiocarbonyl (C=S) groups is 1. The topological polar surface area (TPSA) is 53.3 Å². The van der Waals surface area contributed by atoms with Crippen molar-refractivity contribution in [1.82, 2.24) is 14.9 Å². The summed E-state index contributed by atoms with van der Waals surface area (Å²) in [4.78, 5) is 6.89. The highest BCUT2D eigenvalue weighted by Crippen LogP contribution is 2.43. The Morgan fingerprint density at radius 3 is 2.32 bits per heavy atom. The number of aromatic hydroxyl groups is 1. The van der Waals surface area contributed by atoms with E-state index in [1.54, 1.807) is 12.1 Å². The van der Waals surface area contributed by atoms with Gasteiger partial charge in [-0.25, -0.2) is 0 Å². The third-order valence-corrected chi connectivity index (χ3v) is 6.93. The molecular weight excluding hydrogens is 440 g/mol. The van der Waals surface area contributed by atoms with E-state index in [9.17, 15) is 5.11 Å². The summed E-state index contributed by atoms with van der Waals surface area (Å²) in [7, 11) is 0. The average molecular weight is 469 g/mol. The molecule has 2 N–H and O–H groups in total. The molecule has 0 saturated carbocycles. The summed E-state index contributed by atoms with van der Waals surface area (Å²) in [5.41, 5.74) is 7.77. The Bertz CT molecular complexity index is 1310. The molecule has 0 bridgehead atoms. The predicted octanol–water partition coefficient (Wildman–Crippen LogP) is 5.93. The number of benzene rings is 2. The highest BCUT2D eigenvalue weighted by atomic mass is 32.1. The first-order chi connectivity index (χ1) is 16.5. The molecule has 2 aromatic heterocycles. The summed E-state index contributed by atoms with van der Waals surface area (Å²) >= 11 is 5.88. The standard InChI is InChI=1S/C28H28N4OS/c1-4-20-8-10-22(11-9-20)32-27(26(30-28(32)34)25-7-5-6-16-29-25)24-17-18(2)31(19(24)3)21-12-14-23(33)15-13-21/h5-17,26-27,33H,4H2,1-3H3,(H,30,34). The number of aryl methyl sites for hydroxylation is 2. The molecule has 6 heteroatoms. The number of anilines is 1. The molecule has 1 fully saturated rings. The van der Waals surface area contributed by atoms with E-state index in [1.807, 2.05) is 30.5 Å². The minimum Gasteiger partial charge on any atom is -0.508 e. The smallest absolute Gasteiger partial charge is 0.174 e. The van der Waals surface area contributed by atoms with Crippen LogP contribution in [0.25, 0.3) is 5.69 Å². The minimum atomic E-state index is -0.0895. The fourth-order valence-corrected chi connectivity index (χ4v) is 5.27. The van der Waals surface area contributed by atoms with Crippen LogP contribution in [0.5, 0.6) is 5.75 Å². The maximum atomic E-state index is 9.76. The van der Waals surface area contributed by atoms with E-state index >= 15 is 0 Å². The molecule has 0 radical (unpaired) electrons. The molecule has 1 aliphatic heterocycles. The second-order valence-electron chi connectivity index (χ2n) is 8.69. The summed E-state index contributed by atoms with van der Waals surface area (Å²) < 4.78 is 2.23. The Morgan fingerprint density at radius 1 is 0.971 bits per heavy atom. The van der Waals surface area contributed by atoms with Gasteiger partial charge in [-0.15, -0.1) is 0 Å². The molecule has 5 rings (SSSR count). The summed E-state index contributed by atoms with van der Waals surface area (Å²) in [6.07, 6.45) is 2.83. The Kier molecular flexibility index (Phi) is 5.84. The number of hydrogen-bond acceptors (Lipinski definition) is 3. The van der Waals surface area contributed by atoms with Crippen LogP contribution in [-0.4, -0.2) is 19.8 Å². The molecule has 172 valence electrons. The number of hydrogen-bond donors (Lipinski definition) is 2. The number of phenolic OH excluding ortho intramolecular Hbond substituents is 1. The first kappa shape index (κ1) is 22.2. The van der Waals surface area contributed by atoms with Gasteiger partial charge in [0.1, 0.15) is 5.75 Å². The maximum absolute atomic E-state index is 9.76. The van der Waals surface area contributed by atoms with Crippen LogP contribution in [-0.2, 0) is 6.42 Å². The van der Waals surface area contributed by atoms with Gasteiger partial charge in [-0.1, -0.05) is 25.1 Å². The fourth-order valence-electron chi connectivity index (χ4n) is 4.93. The van der Waals surface area contributed by atoms with Crippen LogP contribution in [0.15, 0.2) is 79.0 Å². The second-order valence-corrected chi connectivity index (χ2v) is 9.08. The molecule has 1 aliphatic rings. The van der Waals surface area contributed by atoms with Crippen molar-refractivity contribution in [2.45, 2.75) is 39.3 Å². The van der Waals surface area contributed by atoms with Crippen molar-refractivity contribution < 1.29 is 5.11 Å². The number of phenols is 1. The molecule has 3 heterocycles. The van der Waals surface area contributed by atoms with Crippen molar-refractivity contribution >= 4 is 23.0 Å². The van der Waals surface area contributed by atoms with E-state index in [0.717, 1.165) is 34.9 Å². The van der Waals surface area contributed by atoms with Gasteiger partial charge in [-0.05, 0) is 98.2 Å². The molecule has 0 aliphatic carbocycles. The predicted molar refractivity (Wildman–Crippen MR) is 141 cm³/mol. The monoisotopic (exact) mass is 468 g/mol. The number of aromatic nitrogens is 2. The van der Waals surface area contributed by atoms with Crippen LogP contribution in [0.1, 0.15) is 47.2 Å². The Hall–Kier alpha value is -3.64. The van der Waals surface area contributed by atoms with E-state index in [4.69, 9.17) is 12.2 Å². The Morgan fingerprint density at radius 2 is 1.68 bits per heavy atom. The zero-order valence-corrected chi connectivity index (χ0v) is 20.4. The minimum absolute atomic E-state index is 0.0630. The summed E-state index contributed by atoms with van der Waals surface area (Å²) in [5.74, 6) is 0.258. The Labute approximate surface area is 205 Å². The van der Waals surface area contributed by atoms with Gasteiger partial charge < -0.3 is 19.9 Å². The summed E-state index contributed by atoms with van der Waals surface area (Å²) in [6, 6.07) is 24.1. The molecule has 2 unspecified atom stereocenters. The molecule has 2 atom stereocenters. The normalized spacial score (nSPS) is 17.7. The number of nitrogens with one attached hydrogen (secondary N) is 1. The van der Waals surface area contributed by atoms with Gasteiger partial charge in [0.25, 0.3) is 0 Å². The lowest BCUT2D eigenvalue weighted by molar-refractivity contribution is 0.475. The molecule has 2 aromatic carbocycles. The fraction of sp³-hybridized carbons (Fsp3) is 0.214. The van der Waals surface area contributed by atoms with Gasteiger partial charge >= 0.3 is 0 Å². The van der Waals surface area contributed by atoms with Crippen LogP contribution in [0.3, 0.4) is 0 Å². The summed E-state index contributed by atoms with van der Waals surface area (Å²) in [6.45, 7) is 6.42. The SMILES string of the molecule is CCc1ccc(N2C(=S)NC(c3ccccn3)C2c2cc(C)n(-c3ccc(O)cc3)c2C)cc1. The van der Waals surface area contributed by atoms with Crippen LogP contribution in [0, 0.1) is 13.8 Å². The van der Waals surface area contributed by atoms with Gasteiger partial charge in [0.05, 0.1) is 17.8 Å². The molecule has 0 amide bonds. The zero-order valence-electron chi connectivity index (χ0n) is 19.6. The number of pyridine rings is 1. The van der Waals surface area contributed by atoms with Crippen LogP contribution >= 0.6 is 12.2 Å². The van der Waals surface area contributed by atoms with E-state index < -0.39 is 0 Å². The van der Waals surface area contributed by atoms with Crippen molar-refractivity contribution in [3.05, 3.63) is 107 Å². The van der Waals surface area contributed by atoms with E-state index in [2.05, 4.69) is 76.9 Å². The van der Waals surface area contributed by atoms with Crippen molar-refractivity contribution in [2.24, 2.45) is 0 Å². The zero-order chi connectivity index (χ0) is 23.8. The van der Waals surface area contributed by atoms with E-state index in [-0.39, 0.29) is 17.8 Å². The number of nitrogens with zero attached hydrogens (tertiary/aromatic N) is 3. The largest absolute Gasteiger partial charge is 0.508 e. The third-order valence-electron chi connectivity index (χ3n) is 6.62. The van der Waals surface area contributed by atoms with Crippen LogP contribution < -0.4 is 10.2 Å². The molecule has 1 saturated heterocycles. The van der Waals surface area contributed by atoms with E-state index in [1.165, 1.54) is 11.1 Å². The second kappa shape index (κ2) is 8.95. The van der Waals surface area contributed by atoms with Gasteiger partial charge in [-0.3, -0.25) is 4.98 Å². The van der Waals surface area contributed by atoms with Crippen LogP contribution in [0.4, 0.5) is 5.69 Å². The van der Waals surface area contributed by atoms with Gasteiger partial charge in [0, 0.05) is 29.0 Å². The van der Waals surface area contributed by atoms with E-state index in [0.29, 0.717) is 5.11 Å². The van der Waals surface area contributed by atoms with Crippen molar-refractivity contribution in [3.8, 4) is 11.4 Å². The molecule has 5 nitrogen and oxygen atoms in total. The van der Waals surface area contributed by atoms with Crippen molar-refractivity contribution in [3.63, 3.8) is 0 Å². The van der Waals surface area contributed by atoms with Crippen molar-refractivity contribution in [1.29, 1.82) is 0 Å². The van der Waals surface area contributed by atoms with Gasteiger partial charge in [-0.2, -0.15) is 0 Å². The number of rotatable bonds is 5. The van der Waals surface area contributed by atoms with Crippen LogP contribution in [0.2, 0.25) is 0 Å². The first-order valence-electron chi connectivity index (χ1n) is 11.6. The van der Waals surface area contributed by atoms with Gasteiger partial charge in [0.2, 0.25) is 0 Å². The molecule has 0 spiro atoms. The molecule has 4 aromatic rings.